The third-order valence-corrected chi connectivity index (χ3v) is 3.97. The lowest BCUT2D eigenvalue weighted by atomic mass is 10.1. The van der Waals surface area contributed by atoms with E-state index < -0.39 is 0 Å². The predicted octanol–water partition coefficient (Wildman–Crippen LogP) is 4.97. The fourth-order valence-corrected chi connectivity index (χ4v) is 2.73. The number of alkyl halides is 1. The SMILES string of the molecule is Cc1ccc(CC(Br)c2cc(Br)ccc2F)nc1. The summed E-state index contributed by atoms with van der Waals surface area (Å²) in [5, 5.41) is 0. The highest BCUT2D eigenvalue weighted by Crippen LogP contribution is 2.30. The van der Waals surface area contributed by atoms with E-state index in [9.17, 15) is 4.39 Å². The molecule has 1 unspecified atom stereocenters. The molecule has 0 aliphatic carbocycles. The second-order valence-electron chi connectivity index (χ2n) is 4.16. The molecule has 0 spiro atoms. The third kappa shape index (κ3) is 3.39. The fraction of sp³-hybridized carbons (Fsp3) is 0.214. The van der Waals surface area contributed by atoms with Gasteiger partial charge in [-0.3, -0.25) is 4.98 Å². The van der Waals surface area contributed by atoms with Gasteiger partial charge in [0.2, 0.25) is 0 Å². The van der Waals surface area contributed by atoms with Gasteiger partial charge in [-0.25, -0.2) is 4.39 Å². The Balaban J connectivity index is 2.18. The van der Waals surface area contributed by atoms with E-state index in [1.54, 1.807) is 12.1 Å². The van der Waals surface area contributed by atoms with Crippen LogP contribution < -0.4 is 0 Å². The monoisotopic (exact) mass is 371 g/mol. The van der Waals surface area contributed by atoms with Crippen LogP contribution in [0.1, 0.15) is 21.6 Å². The molecule has 1 aromatic carbocycles. The summed E-state index contributed by atoms with van der Waals surface area (Å²) in [5.74, 6) is -0.202. The molecule has 18 heavy (non-hydrogen) atoms. The molecule has 1 nitrogen and oxygen atoms in total. The number of aromatic nitrogens is 1. The Morgan fingerprint density at radius 2 is 2.06 bits per heavy atom. The van der Waals surface area contributed by atoms with E-state index in [4.69, 9.17) is 0 Å². The highest BCUT2D eigenvalue weighted by Gasteiger charge is 2.14. The summed E-state index contributed by atoms with van der Waals surface area (Å²) >= 11 is 6.88. The molecule has 0 bridgehead atoms. The molecule has 0 amide bonds. The Morgan fingerprint density at radius 1 is 1.28 bits per heavy atom. The number of halogens is 3. The highest BCUT2D eigenvalue weighted by atomic mass is 79.9. The maximum atomic E-state index is 13.7. The van der Waals surface area contributed by atoms with Gasteiger partial charge in [0.05, 0.1) is 0 Å². The van der Waals surface area contributed by atoms with Crippen LogP contribution in [0.15, 0.2) is 41.0 Å². The number of nitrogens with zero attached hydrogens (tertiary/aromatic N) is 1. The lowest BCUT2D eigenvalue weighted by Gasteiger charge is -2.11. The normalized spacial score (nSPS) is 12.4. The van der Waals surface area contributed by atoms with Crippen molar-refractivity contribution in [2.75, 3.05) is 0 Å². The number of hydrogen-bond acceptors (Lipinski definition) is 1. The predicted molar refractivity (Wildman–Crippen MR) is 78.4 cm³/mol. The van der Waals surface area contributed by atoms with Crippen molar-refractivity contribution in [2.24, 2.45) is 0 Å². The van der Waals surface area contributed by atoms with Crippen molar-refractivity contribution < 1.29 is 4.39 Å². The van der Waals surface area contributed by atoms with Crippen molar-refractivity contribution in [3.05, 3.63) is 63.6 Å². The van der Waals surface area contributed by atoms with E-state index in [1.807, 2.05) is 25.3 Å². The quantitative estimate of drug-likeness (QED) is 0.693. The summed E-state index contributed by atoms with van der Waals surface area (Å²) in [6.45, 7) is 2.00. The van der Waals surface area contributed by atoms with Crippen LogP contribution in [-0.4, -0.2) is 4.98 Å². The smallest absolute Gasteiger partial charge is 0.127 e. The molecule has 0 aliphatic heterocycles. The molecule has 0 fully saturated rings. The maximum absolute atomic E-state index is 13.7. The second-order valence-corrected chi connectivity index (χ2v) is 6.19. The summed E-state index contributed by atoms with van der Waals surface area (Å²) in [6.07, 6.45) is 2.49. The highest BCUT2D eigenvalue weighted by molar-refractivity contribution is 9.10. The average Bonchev–Trinajstić information content (AvgIpc) is 2.35. The molecule has 2 aromatic rings. The molecule has 0 aliphatic rings. The van der Waals surface area contributed by atoms with Crippen LogP contribution in [0.4, 0.5) is 4.39 Å². The first kappa shape index (κ1) is 13.7. The lowest BCUT2D eigenvalue weighted by molar-refractivity contribution is 0.607. The van der Waals surface area contributed by atoms with E-state index in [-0.39, 0.29) is 10.6 Å². The van der Waals surface area contributed by atoms with E-state index in [0.29, 0.717) is 12.0 Å². The van der Waals surface area contributed by atoms with E-state index in [2.05, 4.69) is 36.8 Å². The number of pyridine rings is 1. The third-order valence-electron chi connectivity index (χ3n) is 2.66. The minimum absolute atomic E-state index is 0.0785. The first-order valence-electron chi connectivity index (χ1n) is 5.57. The standard InChI is InChI=1S/C14H12Br2FN/c1-9-2-4-11(18-8-9)7-13(16)12-6-10(15)3-5-14(12)17/h2-6,8,13H,7H2,1H3. The molecule has 1 atom stereocenters. The number of hydrogen-bond donors (Lipinski definition) is 0. The van der Waals surface area contributed by atoms with E-state index in [0.717, 1.165) is 15.7 Å². The van der Waals surface area contributed by atoms with Gasteiger partial charge in [-0.1, -0.05) is 37.9 Å². The Labute approximate surface area is 123 Å². The van der Waals surface area contributed by atoms with Crippen molar-refractivity contribution in [3.8, 4) is 0 Å². The molecule has 1 aromatic heterocycles. The van der Waals surface area contributed by atoms with Gasteiger partial charge >= 0.3 is 0 Å². The molecule has 94 valence electrons. The van der Waals surface area contributed by atoms with Gasteiger partial charge in [-0.05, 0) is 36.8 Å². The van der Waals surface area contributed by atoms with Gasteiger partial charge in [0.25, 0.3) is 0 Å². The molecule has 1 heterocycles. The van der Waals surface area contributed by atoms with Gasteiger partial charge in [0, 0.05) is 33.2 Å². The lowest BCUT2D eigenvalue weighted by Crippen LogP contribution is -2.00. The van der Waals surface area contributed by atoms with E-state index in [1.165, 1.54) is 6.07 Å². The van der Waals surface area contributed by atoms with Crippen LogP contribution in [-0.2, 0) is 6.42 Å². The van der Waals surface area contributed by atoms with Crippen LogP contribution in [0, 0.1) is 12.7 Å². The second kappa shape index (κ2) is 5.93. The van der Waals surface area contributed by atoms with Crippen LogP contribution in [0.2, 0.25) is 0 Å². The van der Waals surface area contributed by atoms with Gasteiger partial charge in [-0.15, -0.1) is 0 Å². The maximum Gasteiger partial charge on any atom is 0.127 e. The first-order chi connectivity index (χ1) is 8.56. The first-order valence-corrected chi connectivity index (χ1v) is 7.27. The molecule has 2 rings (SSSR count). The van der Waals surface area contributed by atoms with Crippen LogP contribution in [0.3, 0.4) is 0 Å². The summed E-state index contributed by atoms with van der Waals surface area (Å²) in [6, 6.07) is 8.95. The van der Waals surface area contributed by atoms with Crippen molar-refractivity contribution in [3.63, 3.8) is 0 Å². The fourth-order valence-electron chi connectivity index (χ4n) is 1.67. The molecular formula is C14H12Br2FN. The molecule has 0 radical (unpaired) electrons. The Bertz CT molecular complexity index is 540. The summed E-state index contributed by atoms with van der Waals surface area (Å²) in [4.78, 5) is 4.25. The largest absolute Gasteiger partial charge is 0.261 e. The number of benzene rings is 1. The minimum Gasteiger partial charge on any atom is -0.261 e. The summed E-state index contributed by atoms with van der Waals surface area (Å²) in [5.41, 5.74) is 2.71. The van der Waals surface area contributed by atoms with Crippen LogP contribution in [0.5, 0.6) is 0 Å². The summed E-state index contributed by atoms with van der Waals surface area (Å²) < 4.78 is 14.6. The summed E-state index contributed by atoms with van der Waals surface area (Å²) in [7, 11) is 0. The van der Waals surface area contributed by atoms with Crippen LogP contribution >= 0.6 is 31.9 Å². The zero-order chi connectivity index (χ0) is 13.1. The topological polar surface area (TPSA) is 12.9 Å². The Morgan fingerprint density at radius 3 is 2.72 bits per heavy atom. The van der Waals surface area contributed by atoms with E-state index >= 15 is 0 Å². The minimum atomic E-state index is -0.202. The van der Waals surface area contributed by atoms with Gasteiger partial charge < -0.3 is 0 Å². The Kier molecular flexibility index (Phi) is 4.51. The van der Waals surface area contributed by atoms with Crippen LogP contribution in [0.25, 0.3) is 0 Å². The zero-order valence-corrected chi connectivity index (χ0v) is 13.0. The molecule has 0 N–H and O–H groups in total. The number of rotatable bonds is 3. The molecule has 4 heteroatoms. The zero-order valence-electron chi connectivity index (χ0n) is 9.83. The molecule has 0 saturated heterocycles. The van der Waals surface area contributed by atoms with Gasteiger partial charge in [0.1, 0.15) is 5.82 Å². The van der Waals surface area contributed by atoms with Crippen molar-refractivity contribution in [1.29, 1.82) is 0 Å². The van der Waals surface area contributed by atoms with Gasteiger partial charge in [-0.2, -0.15) is 0 Å². The van der Waals surface area contributed by atoms with Crippen molar-refractivity contribution in [2.45, 2.75) is 18.2 Å². The van der Waals surface area contributed by atoms with Crippen molar-refractivity contribution in [1.82, 2.24) is 4.98 Å². The average molecular weight is 373 g/mol. The number of aryl methyl sites for hydroxylation is 1. The molecule has 0 saturated carbocycles. The van der Waals surface area contributed by atoms with Crippen molar-refractivity contribution >= 4 is 31.9 Å². The Hall–Kier alpha value is -0.740. The molecular weight excluding hydrogens is 361 g/mol. The van der Waals surface area contributed by atoms with Gasteiger partial charge in [0.15, 0.2) is 0 Å².